The Bertz CT molecular complexity index is 2360. The fraction of sp³-hybridized carbons (Fsp3) is 0.562. The van der Waals surface area contributed by atoms with Crippen molar-refractivity contribution in [2.45, 2.75) is 130 Å². The third kappa shape index (κ3) is 18.4. The van der Waals surface area contributed by atoms with Gasteiger partial charge in [0.2, 0.25) is 0 Å². The molecule has 80 heavy (non-hydrogen) atoms. The Morgan fingerprint density at radius 1 is 0.300 bits per heavy atom. The molecule has 8 bridgehead atoms. The lowest BCUT2D eigenvalue weighted by atomic mass is 9.79. The quantitative estimate of drug-likeness (QED) is 0.0693. The molecule has 0 saturated carbocycles. The van der Waals surface area contributed by atoms with E-state index in [1.807, 2.05) is 56.4 Å². The van der Waals surface area contributed by atoms with E-state index in [-0.39, 0.29) is 74.5 Å². The van der Waals surface area contributed by atoms with E-state index in [2.05, 4.69) is 132 Å². The number of ether oxygens (including phenoxy) is 8. The fourth-order valence-corrected chi connectivity index (χ4v) is 9.30. The van der Waals surface area contributed by atoms with Crippen LogP contribution in [0.1, 0.15) is 150 Å². The van der Waals surface area contributed by atoms with E-state index in [0.717, 1.165) is 67.5 Å². The standard InChI is InChI=1S/C64H92N4O8S4/c1-61(2,3)49-33-41-29-43-35-50(62(4,5)6)37-45(54(43)70-22-26-74-58(78)66(15)16)31-47-39-52(64(10,11)12)40-48(56(47)72-24-28-76-60(80)68(19)20)32-46-38-51(63(7,8)9)36-44(55(46)71-23-27-75-59(79)67(17)18)30-42(34-49)53(41)69-21-25-73-57(77)65(13)14/h33-40H,21-32H2,1-20H3. The lowest BCUT2D eigenvalue weighted by molar-refractivity contribution is 0.190. The highest BCUT2D eigenvalue weighted by Crippen LogP contribution is 2.44. The van der Waals surface area contributed by atoms with E-state index in [0.29, 0.717) is 46.4 Å². The van der Waals surface area contributed by atoms with Gasteiger partial charge in [0, 0.05) is 82.1 Å². The van der Waals surface area contributed by atoms with Gasteiger partial charge < -0.3 is 57.5 Å². The Kier molecular flexibility index (Phi) is 22.8. The first-order valence-corrected chi connectivity index (χ1v) is 29.3. The number of hydrogen-bond acceptors (Lipinski definition) is 12. The van der Waals surface area contributed by atoms with E-state index < -0.39 is 0 Å². The molecule has 1 aliphatic carbocycles. The maximum absolute atomic E-state index is 7.09. The van der Waals surface area contributed by atoms with Gasteiger partial charge in [0.1, 0.15) is 75.9 Å². The summed E-state index contributed by atoms with van der Waals surface area (Å²) < 4.78 is 52.6. The molecule has 1 aliphatic rings. The van der Waals surface area contributed by atoms with Gasteiger partial charge >= 0.3 is 0 Å². The third-order valence-corrected chi connectivity index (χ3v) is 15.6. The van der Waals surface area contributed by atoms with E-state index >= 15 is 0 Å². The van der Waals surface area contributed by atoms with Crippen molar-refractivity contribution < 1.29 is 37.9 Å². The van der Waals surface area contributed by atoms with Crippen molar-refractivity contribution in [1.82, 2.24) is 19.6 Å². The van der Waals surface area contributed by atoms with Crippen LogP contribution >= 0.6 is 48.9 Å². The molecule has 0 fully saturated rings. The molecule has 440 valence electrons. The van der Waals surface area contributed by atoms with Crippen molar-refractivity contribution in [2.75, 3.05) is 109 Å². The van der Waals surface area contributed by atoms with Gasteiger partial charge in [-0.15, -0.1) is 0 Å². The first-order valence-electron chi connectivity index (χ1n) is 27.7. The zero-order valence-electron chi connectivity index (χ0n) is 51.8. The predicted molar refractivity (Wildman–Crippen MR) is 343 cm³/mol. The molecular weight excluding hydrogens is 1080 g/mol. The van der Waals surface area contributed by atoms with E-state index in [1.54, 1.807) is 19.6 Å². The first kappa shape index (κ1) is 65.6. The summed E-state index contributed by atoms with van der Waals surface area (Å²) in [4.78, 5) is 7.13. The summed E-state index contributed by atoms with van der Waals surface area (Å²) in [5, 5.41) is 1.56. The van der Waals surface area contributed by atoms with E-state index in [1.165, 1.54) is 22.3 Å². The summed E-state index contributed by atoms with van der Waals surface area (Å²) in [5.74, 6) is 3.10. The van der Waals surface area contributed by atoms with Crippen LogP contribution < -0.4 is 18.9 Å². The van der Waals surface area contributed by atoms with Crippen molar-refractivity contribution in [1.29, 1.82) is 0 Å². The second kappa shape index (κ2) is 27.7. The molecule has 4 aromatic rings. The minimum Gasteiger partial charge on any atom is -0.489 e. The monoisotopic (exact) mass is 1170 g/mol. The molecule has 0 amide bonds. The van der Waals surface area contributed by atoms with Gasteiger partial charge in [0.05, 0.1) is 0 Å². The van der Waals surface area contributed by atoms with Gasteiger partial charge in [-0.05, 0) is 137 Å². The zero-order valence-corrected chi connectivity index (χ0v) is 55.1. The summed E-state index contributed by atoms with van der Waals surface area (Å²) in [7, 11) is 15.0. The second-order valence-corrected chi connectivity index (χ2v) is 27.0. The van der Waals surface area contributed by atoms with Crippen LogP contribution in [0.2, 0.25) is 0 Å². The van der Waals surface area contributed by atoms with E-state index in [4.69, 9.17) is 86.8 Å². The van der Waals surface area contributed by atoms with Crippen molar-refractivity contribution in [2.24, 2.45) is 0 Å². The number of nitrogens with zero attached hydrogens (tertiary/aromatic N) is 4. The highest BCUT2D eigenvalue weighted by molar-refractivity contribution is 7.80. The van der Waals surface area contributed by atoms with Gasteiger partial charge in [0.15, 0.2) is 0 Å². The predicted octanol–water partition coefficient (Wildman–Crippen LogP) is 12.5. The number of rotatable bonds is 16. The molecule has 16 heteroatoms. The average Bonchev–Trinajstić information content (AvgIpc) is 3.34. The highest BCUT2D eigenvalue weighted by atomic mass is 32.1. The second-order valence-electron chi connectivity index (χ2n) is 25.6. The summed E-state index contributed by atoms with van der Waals surface area (Å²) in [6.45, 7) is 29.1. The molecule has 12 nitrogen and oxygen atoms in total. The average molecular weight is 1170 g/mol. The zero-order chi connectivity index (χ0) is 59.7. The fourth-order valence-electron chi connectivity index (χ4n) is 8.97. The molecule has 0 unspecified atom stereocenters. The molecular formula is C64H92N4O8S4. The van der Waals surface area contributed by atoms with Gasteiger partial charge in [-0.25, -0.2) is 0 Å². The lowest BCUT2D eigenvalue weighted by Crippen LogP contribution is -2.25. The van der Waals surface area contributed by atoms with Crippen LogP contribution in [0.15, 0.2) is 48.5 Å². The van der Waals surface area contributed by atoms with Crippen LogP contribution in [0.5, 0.6) is 23.0 Å². The van der Waals surface area contributed by atoms with Crippen LogP contribution in [0, 0.1) is 0 Å². The summed E-state index contributed by atoms with van der Waals surface area (Å²) in [6, 6.07) is 18.5. The minimum absolute atomic E-state index is 0.240. The maximum Gasteiger partial charge on any atom is 0.258 e. The molecule has 0 radical (unpaired) electrons. The van der Waals surface area contributed by atoms with Crippen molar-refractivity contribution >= 4 is 69.6 Å². The number of thiocarbonyl (C=S) groups is 4. The van der Waals surface area contributed by atoms with Gasteiger partial charge in [0.25, 0.3) is 20.7 Å². The van der Waals surface area contributed by atoms with Crippen LogP contribution in [-0.4, -0.2) is 150 Å². The molecule has 0 N–H and O–H groups in total. The number of hydrogen-bond donors (Lipinski definition) is 0. The Morgan fingerprint density at radius 3 is 0.575 bits per heavy atom. The van der Waals surface area contributed by atoms with Crippen LogP contribution in [0.25, 0.3) is 0 Å². The Hall–Kier alpha value is -5.16. The molecule has 5 rings (SSSR count). The molecule has 0 aromatic heterocycles. The molecule has 0 atom stereocenters. The molecule has 0 heterocycles. The summed E-state index contributed by atoms with van der Waals surface area (Å²) in [6.07, 6.45) is 1.91. The normalized spacial score (nSPS) is 12.7. The molecule has 4 aromatic carbocycles. The Balaban J connectivity index is 1.97. The molecule has 0 spiro atoms. The first-order chi connectivity index (χ1) is 37.1. The minimum atomic E-state index is -0.240. The number of fused-ring (bicyclic) bond motifs is 8. The smallest absolute Gasteiger partial charge is 0.258 e. The van der Waals surface area contributed by atoms with Gasteiger partial charge in [-0.3, -0.25) is 0 Å². The van der Waals surface area contributed by atoms with E-state index in [9.17, 15) is 0 Å². The Labute approximate surface area is 502 Å². The summed E-state index contributed by atoms with van der Waals surface area (Å²) in [5.41, 5.74) is 11.8. The van der Waals surface area contributed by atoms with Crippen LogP contribution in [0.3, 0.4) is 0 Å². The van der Waals surface area contributed by atoms with Crippen LogP contribution in [-0.2, 0) is 66.3 Å². The lowest BCUT2D eigenvalue weighted by Gasteiger charge is -2.29. The van der Waals surface area contributed by atoms with Crippen molar-refractivity contribution in [3.05, 3.63) is 115 Å². The molecule has 0 saturated heterocycles. The van der Waals surface area contributed by atoms with Gasteiger partial charge in [-0.2, -0.15) is 0 Å². The molecule has 0 aliphatic heterocycles. The van der Waals surface area contributed by atoms with Gasteiger partial charge in [-0.1, -0.05) is 132 Å². The topological polar surface area (TPSA) is 86.8 Å². The largest absolute Gasteiger partial charge is 0.489 e. The van der Waals surface area contributed by atoms with Crippen LogP contribution in [0.4, 0.5) is 0 Å². The Morgan fingerprint density at radius 2 is 0.450 bits per heavy atom. The highest BCUT2D eigenvalue weighted by Gasteiger charge is 2.30. The number of benzene rings is 4. The van der Waals surface area contributed by atoms with Crippen molar-refractivity contribution in [3.8, 4) is 23.0 Å². The van der Waals surface area contributed by atoms with Crippen molar-refractivity contribution in [3.63, 3.8) is 0 Å². The summed E-state index contributed by atoms with van der Waals surface area (Å²) >= 11 is 22.3. The SMILES string of the molecule is CN(C)C(=S)OCCOc1c2cc(C(C)(C)C)cc1Cc1cc(C(C)(C)C)cc(c1OCCOC(=S)N(C)C)Cc1cc(C(C)(C)C)cc(c1OCCOC(=S)N(C)C)Cc1cc(C(C)(C)C)cc(c1OCCOC(=S)N(C)C)C2. The third-order valence-electron chi connectivity index (χ3n) is 13.6. The maximum atomic E-state index is 7.09.